The lowest BCUT2D eigenvalue weighted by atomic mass is 9.96. The van der Waals surface area contributed by atoms with Crippen LogP contribution in [0.5, 0.6) is 5.75 Å². The molecule has 3 heterocycles. The molecule has 2 aliphatic rings. The number of nitrogens with one attached hydrogen (secondary N) is 1. The molecule has 9 heteroatoms. The van der Waals surface area contributed by atoms with Crippen molar-refractivity contribution in [1.29, 1.82) is 5.26 Å². The molecule has 0 bridgehead atoms. The molecule has 1 N–H and O–H groups in total. The van der Waals surface area contributed by atoms with Crippen LogP contribution in [0.1, 0.15) is 38.1 Å². The van der Waals surface area contributed by atoms with Crippen LogP contribution in [0, 0.1) is 17.2 Å². The maximum absolute atomic E-state index is 9.38. The molecule has 1 saturated heterocycles. The van der Waals surface area contributed by atoms with Gasteiger partial charge in [0.1, 0.15) is 5.69 Å². The minimum Gasteiger partial charge on any atom is -0.493 e. The summed E-state index contributed by atoms with van der Waals surface area (Å²) in [5, 5.41) is 17.3. The molecule has 1 aliphatic heterocycles. The molecular formula is C26H31N7O2. The molecule has 1 unspecified atom stereocenters. The lowest BCUT2D eigenvalue weighted by molar-refractivity contribution is 0.122. The first-order chi connectivity index (χ1) is 17.2. The van der Waals surface area contributed by atoms with Gasteiger partial charge in [-0.2, -0.15) is 10.4 Å². The first-order valence-corrected chi connectivity index (χ1v) is 12.3. The van der Waals surface area contributed by atoms with E-state index in [4.69, 9.17) is 14.5 Å². The highest BCUT2D eigenvalue weighted by Gasteiger charge is 2.27. The van der Waals surface area contributed by atoms with Crippen LogP contribution in [0.2, 0.25) is 0 Å². The third-order valence-electron chi connectivity index (χ3n) is 6.93. The fourth-order valence-corrected chi connectivity index (χ4v) is 5.05. The minimum absolute atomic E-state index is 0.0895. The summed E-state index contributed by atoms with van der Waals surface area (Å²) in [4.78, 5) is 11.5. The SMILES string of the molecule is COc1cnc(Nc2ccc(N3CCOCC3)cc2)nc1-c1cnn(C(CC#N)C2CCCC2)c1. The van der Waals surface area contributed by atoms with Gasteiger partial charge < -0.3 is 19.7 Å². The quantitative estimate of drug-likeness (QED) is 0.508. The van der Waals surface area contributed by atoms with Gasteiger partial charge in [-0.15, -0.1) is 0 Å². The highest BCUT2D eigenvalue weighted by atomic mass is 16.5. The summed E-state index contributed by atoms with van der Waals surface area (Å²) in [6.07, 6.45) is 10.7. The van der Waals surface area contributed by atoms with E-state index in [1.165, 1.54) is 18.5 Å². The zero-order valence-electron chi connectivity index (χ0n) is 20.1. The van der Waals surface area contributed by atoms with E-state index < -0.39 is 0 Å². The van der Waals surface area contributed by atoms with Gasteiger partial charge in [0.15, 0.2) is 5.75 Å². The Kier molecular flexibility index (Phi) is 7.09. The van der Waals surface area contributed by atoms with Gasteiger partial charge in [0.2, 0.25) is 5.95 Å². The van der Waals surface area contributed by atoms with Crippen molar-refractivity contribution in [2.24, 2.45) is 5.92 Å². The molecule has 182 valence electrons. The third kappa shape index (κ3) is 5.23. The summed E-state index contributed by atoms with van der Waals surface area (Å²) in [6.45, 7) is 3.33. The second-order valence-electron chi connectivity index (χ2n) is 9.07. The number of methoxy groups -OCH3 is 1. The number of nitrogens with zero attached hydrogens (tertiary/aromatic N) is 6. The first kappa shape index (κ1) is 23.1. The Bertz CT molecular complexity index is 1160. The van der Waals surface area contributed by atoms with Gasteiger partial charge >= 0.3 is 0 Å². The lowest BCUT2D eigenvalue weighted by Gasteiger charge is -2.28. The molecule has 1 aromatic carbocycles. The predicted molar refractivity (Wildman–Crippen MR) is 134 cm³/mol. The molecule has 9 nitrogen and oxygen atoms in total. The number of aromatic nitrogens is 4. The Morgan fingerprint density at radius 3 is 2.66 bits per heavy atom. The van der Waals surface area contributed by atoms with Crippen molar-refractivity contribution in [3.8, 4) is 23.1 Å². The van der Waals surface area contributed by atoms with Gasteiger partial charge in [0.05, 0.1) is 51.2 Å². The normalized spacial score (nSPS) is 17.2. The summed E-state index contributed by atoms with van der Waals surface area (Å²) in [5.74, 6) is 1.56. The zero-order chi connectivity index (χ0) is 24.0. The molecule has 1 aliphatic carbocycles. The molecule has 0 amide bonds. The Labute approximate surface area is 205 Å². The van der Waals surface area contributed by atoms with Crippen LogP contribution < -0.4 is 15.0 Å². The average molecular weight is 474 g/mol. The molecule has 1 saturated carbocycles. The molecular weight excluding hydrogens is 442 g/mol. The van der Waals surface area contributed by atoms with Crippen molar-refractivity contribution in [2.45, 2.75) is 38.1 Å². The highest BCUT2D eigenvalue weighted by molar-refractivity contribution is 5.67. The Morgan fingerprint density at radius 1 is 1.17 bits per heavy atom. The number of ether oxygens (including phenoxy) is 2. The number of hydrogen-bond donors (Lipinski definition) is 1. The highest BCUT2D eigenvalue weighted by Crippen LogP contribution is 2.37. The van der Waals surface area contributed by atoms with Gasteiger partial charge in [-0.05, 0) is 43.0 Å². The van der Waals surface area contributed by atoms with Crippen molar-refractivity contribution in [1.82, 2.24) is 19.7 Å². The fraction of sp³-hybridized carbons (Fsp3) is 0.462. The van der Waals surface area contributed by atoms with E-state index in [0.717, 1.165) is 50.4 Å². The van der Waals surface area contributed by atoms with E-state index in [-0.39, 0.29) is 6.04 Å². The largest absolute Gasteiger partial charge is 0.493 e. The topological polar surface area (TPSA) is 101 Å². The summed E-state index contributed by atoms with van der Waals surface area (Å²) >= 11 is 0. The first-order valence-electron chi connectivity index (χ1n) is 12.3. The van der Waals surface area contributed by atoms with E-state index in [9.17, 15) is 5.26 Å². The Balaban J connectivity index is 1.35. The maximum Gasteiger partial charge on any atom is 0.227 e. The molecule has 35 heavy (non-hydrogen) atoms. The van der Waals surface area contributed by atoms with Gasteiger partial charge in [-0.1, -0.05) is 12.8 Å². The molecule has 5 rings (SSSR count). The van der Waals surface area contributed by atoms with Crippen molar-refractivity contribution >= 4 is 17.3 Å². The number of hydrogen-bond acceptors (Lipinski definition) is 8. The molecule has 2 fully saturated rings. The van der Waals surface area contributed by atoms with Crippen LogP contribution in [0.15, 0.2) is 42.9 Å². The molecule has 0 radical (unpaired) electrons. The van der Waals surface area contributed by atoms with E-state index in [2.05, 4.69) is 38.5 Å². The maximum atomic E-state index is 9.38. The van der Waals surface area contributed by atoms with Crippen LogP contribution in [-0.4, -0.2) is 53.2 Å². The third-order valence-corrected chi connectivity index (χ3v) is 6.93. The Hall–Kier alpha value is -3.64. The number of rotatable bonds is 8. The second-order valence-corrected chi connectivity index (χ2v) is 9.07. The van der Waals surface area contributed by atoms with Crippen LogP contribution in [0.3, 0.4) is 0 Å². The van der Waals surface area contributed by atoms with Gasteiger partial charge in [0.25, 0.3) is 0 Å². The van der Waals surface area contributed by atoms with E-state index in [1.807, 2.05) is 23.0 Å². The van der Waals surface area contributed by atoms with Crippen LogP contribution in [0.4, 0.5) is 17.3 Å². The number of anilines is 3. The second kappa shape index (κ2) is 10.7. The smallest absolute Gasteiger partial charge is 0.227 e. The number of morpholine rings is 1. The fourth-order valence-electron chi connectivity index (χ4n) is 5.05. The zero-order valence-corrected chi connectivity index (χ0v) is 20.1. The summed E-state index contributed by atoms with van der Waals surface area (Å²) < 4.78 is 12.9. The minimum atomic E-state index is 0.0895. The molecule has 3 aromatic rings. The monoisotopic (exact) mass is 473 g/mol. The van der Waals surface area contributed by atoms with E-state index in [0.29, 0.717) is 29.7 Å². The van der Waals surface area contributed by atoms with Crippen molar-refractivity contribution in [3.05, 3.63) is 42.9 Å². The Morgan fingerprint density at radius 2 is 1.94 bits per heavy atom. The van der Waals surface area contributed by atoms with E-state index >= 15 is 0 Å². The van der Waals surface area contributed by atoms with Gasteiger partial charge in [-0.25, -0.2) is 9.97 Å². The standard InChI is InChI=1S/C26H31N7O2/c1-34-24-17-28-26(30-21-6-8-22(9-7-21)32-12-14-35-15-13-32)31-25(24)20-16-29-33(18-20)23(10-11-27)19-4-2-3-5-19/h6-9,16-19,23H,2-5,10,12-15H2,1H3,(H,28,30,31). The van der Waals surface area contributed by atoms with Crippen molar-refractivity contribution < 1.29 is 9.47 Å². The molecule has 0 spiro atoms. The number of benzene rings is 1. The predicted octanol–water partition coefficient (Wildman–Crippen LogP) is 4.57. The summed E-state index contributed by atoms with van der Waals surface area (Å²) in [7, 11) is 1.61. The summed E-state index contributed by atoms with van der Waals surface area (Å²) in [5.41, 5.74) is 3.60. The lowest BCUT2D eigenvalue weighted by Crippen LogP contribution is -2.36. The van der Waals surface area contributed by atoms with Gasteiger partial charge in [0, 0.05) is 36.2 Å². The van der Waals surface area contributed by atoms with E-state index in [1.54, 1.807) is 19.5 Å². The number of nitriles is 1. The van der Waals surface area contributed by atoms with Crippen LogP contribution in [0.25, 0.3) is 11.3 Å². The summed E-state index contributed by atoms with van der Waals surface area (Å²) in [6, 6.07) is 10.7. The van der Waals surface area contributed by atoms with Crippen molar-refractivity contribution in [3.63, 3.8) is 0 Å². The molecule has 1 atom stereocenters. The van der Waals surface area contributed by atoms with Crippen molar-refractivity contribution in [2.75, 3.05) is 43.6 Å². The van der Waals surface area contributed by atoms with Crippen LogP contribution >= 0.6 is 0 Å². The molecule has 2 aromatic heterocycles. The average Bonchev–Trinajstić information content (AvgIpc) is 3.61. The van der Waals surface area contributed by atoms with Gasteiger partial charge in [-0.3, -0.25) is 4.68 Å². The van der Waals surface area contributed by atoms with Crippen LogP contribution in [-0.2, 0) is 4.74 Å².